The molecule has 1 aliphatic heterocycles. The molecule has 0 saturated heterocycles. The fourth-order valence-electron chi connectivity index (χ4n) is 4.56. The van der Waals surface area contributed by atoms with E-state index in [1.807, 2.05) is 24.3 Å². The number of anilines is 1. The van der Waals surface area contributed by atoms with Crippen LogP contribution in [0.25, 0.3) is 0 Å². The molecule has 1 heterocycles. The minimum Gasteiger partial charge on any atom is -0.493 e. The summed E-state index contributed by atoms with van der Waals surface area (Å²) in [5.74, 6) is 1.73. The number of rotatable bonds is 5. The predicted octanol–water partition coefficient (Wildman–Crippen LogP) is 4.22. The first kappa shape index (κ1) is 20.0. The molecule has 29 heavy (non-hydrogen) atoms. The van der Waals surface area contributed by atoms with Gasteiger partial charge in [-0.05, 0) is 53.8 Å². The number of ether oxygens (including phenoxy) is 3. The van der Waals surface area contributed by atoms with E-state index in [1.165, 1.54) is 12.0 Å². The third-order valence-corrected chi connectivity index (χ3v) is 6.38. The number of sulfonamides is 1. The highest BCUT2D eigenvalue weighted by Gasteiger charge is 2.38. The number of methoxy groups -OCH3 is 2. The molecule has 6 nitrogen and oxygen atoms in total. The van der Waals surface area contributed by atoms with Crippen LogP contribution in [0.3, 0.4) is 0 Å². The smallest absolute Gasteiger partial charge is 0.229 e. The SMILES string of the molecule is COc1cc2c(cc1OC)[C@@H]1CCCC[C@H]1O[C@H]2c1cccc(NS(C)(=O)=O)c1. The Balaban J connectivity index is 1.81. The summed E-state index contributed by atoms with van der Waals surface area (Å²) in [6, 6.07) is 11.5. The van der Waals surface area contributed by atoms with Crippen molar-refractivity contribution >= 4 is 15.7 Å². The maximum absolute atomic E-state index is 11.7. The minimum atomic E-state index is -3.35. The highest BCUT2D eigenvalue weighted by atomic mass is 32.2. The van der Waals surface area contributed by atoms with Crippen LogP contribution in [0.1, 0.15) is 54.4 Å². The molecule has 2 aromatic rings. The highest BCUT2D eigenvalue weighted by molar-refractivity contribution is 7.92. The molecule has 2 aromatic carbocycles. The summed E-state index contributed by atoms with van der Waals surface area (Å²) in [5.41, 5.74) is 3.74. The summed E-state index contributed by atoms with van der Waals surface area (Å²) in [6.45, 7) is 0. The molecule has 156 valence electrons. The Morgan fingerprint density at radius 3 is 2.38 bits per heavy atom. The lowest BCUT2D eigenvalue weighted by Gasteiger charge is -2.41. The molecule has 3 atom stereocenters. The van der Waals surface area contributed by atoms with Gasteiger partial charge < -0.3 is 14.2 Å². The van der Waals surface area contributed by atoms with Gasteiger partial charge in [-0.2, -0.15) is 0 Å². The lowest BCUT2D eigenvalue weighted by atomic mass is 9.76. The van der Waals surface area contributed by atoms with Gasteiger partial charge in [0.15, 0.2) is 11.5 Å². The molecule has 0 bridgehead atoms. The molecule has 1 saturated carbocycles. The van der Waals surface area contributed by atoms with Gasteiger partial charge >= 0.3 is 0 Å². The van der Waals surface area contributed by atoms with Gasteiger partial charge in [-0.1, -0.05) is 25.0 Å². The van der Waals surface area contributed by atoms with Gasteiger partial charge in [0.05, 0.1) is 26.6 Å². The van der Waals surface area contributed by atoms with Gasteiger partial charge in [0, 0.05) is 11.6 Å². The zero-order valence-corrected chi connectivity index (χ0v) is 17.8. The monoisotopic (exact) mass is 417 g/mol. The van der Waals surface area contributed by atoms with E-state index in [-0.39, 0.29) is 12.2 Å². The Morgan fingerprint density at radius 2 is 1.69 bits per heavy atom. The summed E-state index contributed by atoms with van der Waals surface area (Å²) in [5, 5.41) is 0. The lowest BCUT2D eigenvalue weighted by Crippen LogP contribution is -2.33. The van der Waals surface area contributed by atoms with Crippen molar-refractivity contribution in [1.29, 1.82) is 0 Å². The van der Waals surface area contributed by atoms with Gasteiger partial charge in [-0.15, -0.1) is 0 Å². The summed E-state index contributed by atoms with van der Waals surface area (Å²) in [6.07, 6.45) is 5.47. The standard InChI is InChI=1S/C22H27NO5S/c1-26-20-12-17-16-9-4-5-10-19(16)28-22(18(17)13-21(20)27-2)14-7-6-8-15(11-14)23-29(3,24)25/h6-8,11-13,16,19,22-23H,4-5,9-10H2,1-3H3/t16-,19+,22-/m0/s1. The molecule has 0 aromatic heterocycles. The summed E-state index contributed by atoms with van der Waals surface area (Å²) in [4.78, 5) is 0. The van der Waals surface area contributed by atoms with Gasteiger partial charge in [0.1, 0.15) is 6.10 Å². The van der Waals surface area contributed by atoms with Gasteiger partial charge in [0.25, 0.3) is 0 Å². The van der Waals surface area contributed by atoms with Crippen molar-refractivity contribution in [3.63, 3.8) is 0 Å². The minimum absolute atomic E-state index is 0.144. The third kappa shape index (κ3) is 4.07. The van der Waals surface area contributed by atoms with E-state index in [2.05, 4.69) is 10.8 Å². The van der Waals surface area contributed by atoms with Crippen LogP contribution in [0.2, 0.25) is 0 Å². The second kappa shape index (κ2) is 7.88. The van der Waals surface area contributed by atoms with E-state index in [0.29, 0.717) is 17.4 Å². The maximum Gasteiger partial charge on any atom is 0.229 e. The van der Waals surface area contributed by atoms with Crippen LogP contribution in [0.4, 0.5) is 5.69 Å². The molecule has 1 fully saturated rings. The number of benzene rings is 2. The molecule has 0 spiro atoms. The Kier molecular flexibility index (Phi) is 5.44. The predicted molar refractivity (Wildman–Crippen MR) is 112 cm³/mol. The number of hydrogen-bond acceptors (Lipinski definition) is 5. The molecular formula is C22H27NO5S. The van der Waals surface area contributed by atoms with Gasteiger partial charge in [-0.3, -0.25) is 4.72 Å². The second-order valence-electron chi connectivity index (χ2n) is 7.78. The Morgan fingerprint density at radius 1 is 1.00 bits per heavy atom. The van der Waals surface area contributed by atoms with Crippen LogP contribution in [-0.4, -0.2) is 35.0 Å². The zero-order valence-electron chi connectivity index (χ0n) is 17.0. The molecule has 4 rings (SSSR count). The Hall–Kier alpha value is -2.25. The number of hydrogen-bond donors (Lipinski definition) is 1. The second-order valence-corrected chi connectivity index (χ2v) is 9.53. The van der Waals surface area contributed by atoms with Gasteiger partial charge in [-0.25, -0.2) is 8.42 Å². The molecule has 1 N–H and O–H groups in total. The van der Waals surface area contributed by atoms with Crippen LogP contribution < -0.4 is 14.2 Å². The van der Waals surface area contributed by atoms with Gasteiger partial charge in [0.2, 0.25) is 10.0 Å². The summed E-state index contributed by atoms with van der Waals surface area (Å²) >= 11 is 0. The van der Waals surface area contributed by atoms with Crippen LogP contribution in [0.5, 0.6) is 11.5 Å². The van der Waals surface area contributed by atoms with E-state index < -0.39 is 10.0 Å². The Labute approximate surface area is 172 Å². The molecule has 0 amide bonds. The van der Waals surface area contributed by atoms with Crippen molar-refractivity contribution < 1.29 is 22.6 Å². The zero-order chi connectivity index (χ0) is 20.6. The van der Waals surface area contributed by atoms with E-state index in [1.54, 1.807) is 20.3 Å². The van der Waals surface area contributed by atoms with Crippen molar-refractivity contribution in [3.8, 4) is 11.5 Å². The lowest BCUT2D eigenvalue weighted by molar-refractivity contribution is -0.0391. The molecule has 7 heteroatoms. The van der Waals surface area contributed by atoms with Crippen LogP contribution in [0.15, 0.2) is 36.4 Å². The van der Waals surface area contributed by atoms with E-state index >= 15 is 0 Å². The van der Waals surface area contributed by atoms with E-state index in [9.17, 15) is 8.42 Å². The quantitative estimate of drug-likeness (QED) is 0.788. The largest absolute Gasteiger partial charge is 0.493 e. The fourth-order valence-corrected chi connectivity index (χ4v) is 5.11. The first-order valence-electron chi connectivity index (χ1n) is 9.88. The summed E-state index contributed by atoms with van der Waals surface area (Å²) in [7, 11) is -0.0707. The Bertz CT molecular complexity index is 1000. The molecule has 0 radical (unpaired) electrons. The average Bonchev–Trinajstić information content (AvgIpc) is 2.71. The molecular weight excluding hydrogens is 390 g/mol. The first-order chi connectivity index (χ1) is 13.9. The number of fused-ring (bicyclic) bond motifs is 3. The molecule has 2 aliphatic rings. The van der Waals surface area contributed by atoms with Crippen LogP contribution in [-0.2, 0) is 14.8 Å². The topological polar surface area (TPSA) is 73.9 Å². The van der Waals surface area contributed by atoms with E-state index in [0.717, 1.165) is 42.4 Å². The average molecular weight is 418 g/mol. The van der Waals surface area contributed by atoms with Crippen LogP contribution >= 0.6 is 0 Å². The molecule has 1 aliphatic carbocycles. The van der Waals surface area contributed by atoms with Crippen LogP contribution in [0, 0.1) is 0 Å². The van der Waals surface area contributed by atoms with Crippen molar-refractivity contribution in [3.05, 3.63) is 53.1 Å². The van der Waals surface area contributed by atoms with Crippen molar-refractivity contribution in [2.75, 3.05) is 25.2 Å². The van der Waals surface area contributed by atoms with E-state index in [4.69, 9.17) is 14.2 Å². The fraction of sp³-hybridized carbons (Fsp3) is 0.455. The summed E-state index contributed by atoms with van der Waals surface area (Å²) < 4.78 is 43.5. The van der Waals surface area contributed by atoms with Crippen molar-refractivity contribution in [2.24, 2.45) is 0 Å². The normalized spacial score (nSPS) is 23.6. The van der Waals surface area contributed by atoms with Crippen molar-refractivity contribution in [1.82, 2.24) is 0 Å². The number of nitrogens with one attached hydrogen (secondary N) is 1. The molecule has 0 unspecified atom stereocenters. The first-order valence-corrected chi connectivity index (χ1v) is 11.8. The highest BCUT2D eigenvalue weighted by Crippen LogP contribution is 2.49. The maximum atomic E-state index is 11.7. The third-order valence-electron chi connectivity index (χ3n) is 5.78. The van der Waals surface area contributed by atoms with Crippen molar-refractivity contribution in [2.45, 2.75) is 43.8 Å².